The van der Waals surface area contributed by atoms with E-state index >= 15 is 0 Å². The number of rotatable bonds is 9. The predicted octanol–water partition coefficient (Wildman–Crippen LogP) is 1.93. The molecule has 0 aliphatic carbocycles. The van der Waals surface area contributed by atoms with Crippen LogP contribution in [0.4, 0.5) is 4.79 Å². The van der Waals surface area contributed by atoms with Crippen molar-refractivity contribution in [2.24, 2.45) is 0 Å². The van der Waals surface area contributed by atoms with Gasteiger partial charge in [0.15, 0.2) is 0 Å². The molecule has 0 aromatic heterocycles. The molecule has 2 aromatic rings. The summed E-state index contributed by atoms with van der Waals surface area (Å²) in [6.45, 7) is 0.364. The van der Waals surface area contributed by atoms with Gasteiger partial charge in [-0.3, -0.25) is 0 Å². The minimum atomic E-state index is -1.09. The first kappa shape index (κ1) is 19.5. The number of aliphatic carboxylic acids is 1. The van der Waals surface area contributed by atoms with Crippen LogP contribution in [0.25, 0.3) is 0 Å². The summed E-state index contributed by atoms with van der Waals surface area (Å²) in [4.78, 5) is 25.5. The van der Waals surface area contributed by atoms with E-state index in [1.807, 2.05) is 60.7 Å². The van der Waals surface area contributed by atoms with Gasteiger partial charge in [-0.2, -0.15) is 0 Å². The molecule has 0 radical (unpaired) electrons. The fourth-order valence-electron chi connectivity index (χ4n) is 2.63. The van der Waals surface area contributed by atoms with Gasteiger partial charge in [0.2, 0.25) is 0 Å². The number of nitrogens with one attached hydrogen (secondary N) is 1. The van der Waals surface area contributed by atoms with Crippen molar-refractivity contribution in [3.8, 4) is 0 Å². The molecular weight excluding hydrogens is 332 g/mol. The molecule has 6 heteroatoms. The van der Waals surface area contributed by atoms with Crippen LogP contribution in [0.5, 0.6) is 0 Å². The quantitative estimate of drug-likeness (QED) is 0.640. The van der Waals surface area contributed by atoms with E-state index < -0.39 is 18.0 Å². The molecule has 26 heavy (non-hydrogen) atoms. The van der Waals surface area contributed by atoms with E-state index in [2.05, 4.69) is 5.32 Å². The Bertz CT molecular complexity index is 691. The molecule has 0 saturated heterocycles. The lowest BCUT2D eigenvalue weighted by atomic mass is 10.1. The SMILES string of the molecule is O=C(O)C(Cc1ccccc1)NC(=O)N(CCO)CCc1ccccc1. The number of carboxylic acids is 1. The molecule has 1 atom stereocenters. The van der Waals surface area contributed by atoms with Crippen molar-refractivity contribution >= 4 is 12.0 Å². The number of urea groups is 1. The Hall–Kier alpha value is -2.86. The predicted molar refractivity (Wildman–Crippen MR) is 98.9 cm³/mol. The molecule has 0 aliphatic rings. The minimum absolute atomic E-state index is 0.149. The molecule has 0 spiro atoms. The number of carboxylic acid groups (broad SMARTS) is 1. The topological polar surface area (TPSA) is 89.9 Å². The Labute approximate surface area is 153 Å². The number of aliphatic hydroxyl groups is 1. The fourth-order valence-corrected chi connectivity index (χ4v) is 2.63. The third-order valence-electron chi connectivity index (χ3n) is 4.05. The molecule has 0 bridgehead atoms. The summed E-state index contributed by atoms with van der Waals surface area (Å²) in [5.74, 6) is -1.09. The molecule has 138 valence electrons. The lowest BCUT2D eigenvalue weighted by Gasteiger charge is -2.24. The first-order valence-corrected chi connectivity index (χ1v) is 8.57. The van der Waals surface area contributed by atoms with Gasteiger partial charge in [0, 0.05) is 19.5 Å². The molecule has 0 heterocycles. The third kappa shape index (κ3) is 6.22. The van der Waals surface area contributed by atoms with E-state index in [-0.39, 0.29) is 19.6 Å². The highest BCUT2D eigenvalue weighted by Gasteiger charge is 2.23. The lowest BCUT2D eigenvalue weighted by Crippen LogP contribution is -2.50. The van der Waals surface area contributed by atoms with Gasteiger partial charge in [-0.15, -0.1) is 0 Å². The summed E-state index contributed by atoms with van der Waals surface area (Å²) in [5.41, 5.74) is 1.90. The second kappa shape index (κ2) is 10.2. The standard InChI is InChI=1S/C20H24N2O4/c23-14-13-22(12-11-16-7-3-1-4-8-16)20(26)21-18(19(24)25)15-17-9-5-2-6-10-17/h1-10,18,23H,11-15H2,(H,21,26)(H,24,25). The van der Waals surface area contributed by atoms with Crippen LogP contribution >= 0.6 is 0 Å². The smallest absolute Gasteiger partial charge is 0.326 e. The van der Waals surface area contributed by atoms with Crippen LogP contribution in [-0.4, -0.2) is 52.9 Å². The second-order valence-electron chi connectivity index (χ2n) is 5.98. The highest BCUT2D eigenvalue weighted by atomic mass is 16.4. The van der Waals surface area contributed by atoms with E-state index in [9.17, 15) is 19.8 Å². The molecule has 2 amide bonds. The van der Waals surface area contributed by atoms with Crippen molar-refractivity contribution in [2.45, 2.75) is 18.9 Å². The maximum absolute atomic E-state index is 12.5. The highest BCUT2D eigenvalue weighted by molar-refractivity contribution is 5.82. The summed E-state index contributed by atoms with van der Waals surface area (Å²) < 4.78 is 0. The molecule has 6 nitrogen and oxygen atoms in total. The van der Waals surface area contributed by atoms with Gasteiger partial charge >= 0.3 is 12.0 Å². The maximum Gasteiger partial charge on any atom is 0.326 e. The van der Waals surface area contributed by atoms with E-state index in [0.29, 0.717) is 13.0 Å². The number of amides is 2. The van der Waals surface area contributed by atoms with Crippen LogP contribution < -0.4 is 5.32 Å². The zero-order valence-electron chi connectivity index (χ0n) is 14.5. The molecular formula is C20H24N2O4. The van der Waals surface area contributed by atoms with Gasteiger partial charge in [0.05, 0.1) is 6.61 Å². The normalized spacial score (nSPS) is 11.6. The van der Waals surface area contributed by atoms with Crippen molar-refractivity contribution in [2.75, 3.05) is 19.7 Å². The first-order chi connectivity index (χ1) is 12.6. The lowest BCUT2D eigenvalue weighted by molar-refractivity contribution is -0.139. The van der Waals surface area contributed by atoms with Gasteiger partial charge in [-0.1, -0.05) is 60.7 Å². The van der Waals surface area contributed by atoms with Crippen LogP contribution in [0.1, 0.15) is 11.1 Å². The maximum atomic E-state index is 12.5. The van der Waals surface area contributed by atoms with Crippen LogP contribution in [0, 0.1) is 0 Å². The molecule has 2 aromatic carbocycles. The third-order valence-corrected chi connectivity index (χ3v) is 4.05. The summed E-state index contributed by atoms with van der Waals surface area (Å²) in [6, 6.07) is 17.3. The number of hydrogen-bond donors (Lipinski definition) is 3. The average Bonchev–Trinajstić information content (AvgIpc) is 2.66. The van der Waals surface area contributed by atoms with Crippen molar-refractivity contribution < 1.29 is 19.8 Å². The Morgan fingerprint density at radius 3 is 2.04 bits per heavy atom. The van der Waals surface area contributed by atoms with Crippen molar-refractivity contribution in [1.82, 2.24) is 10.2 Å². The zero-order valence-corrected chi connectivity index (χ0v) is 14.5. The van der Waals surface area contributed by atoms with Gasteiger partial charge in [0.1, 0.15) is 6.04 Å². The monoisotopic (exact) mass is 356 g/mol. The Kier molecular flexibility index (Phi) is 7.64. The molecule has 1 unspecified atom stereocenters. The van der Waals surface area contributed by atoms with Gasteiger partial charge in [0.25, 0.3) is 0 Å². The average molecular weight is 356 g/mol. The largest absolute Gasteiger partial charge is 0.480 e. The van der Waals surface area contributed by atoms with Gasteiger partial charge in [-0.05, 0) is 17.5 Å². The van der Waals surface area contributed by atoms with E-state index in [4.69, 9.17) is 0 Å². The van der Waals surface area contributed by atoms with E-state index in [0.717, 1.165) is 11.1 Å². The highest BCUT2D eigenvalue weighted by Crippen LogP contribution is 2.06. The van der Waals surface area contributed by atoms with Crippen molar-refractivity contribution in [3.05, 3.63) is 71.8 Å². The molecule has 0 fully saturated rings. The number of benzene rings is 2. The Morgan fingerprint density at radius 2 is 1.50 bits per heavy atom. The zero-order chi connectivity index (χ0) is 18.8. The number of hydrogen-bond acceptors (Lipinski definition) is 3. The van der Waals surface area contributed by atoms with E-state index in [1.165, 1.54) is 4.90 Å². The van der Waals surface area contributed by atoms with Crippen LogP contribution in [0.2, 0.25) is 0 Å². The Morgan fingerprint density at radius 1 is 0.923 bits per heavy atom. The molecule has 2 rings (SSSR count). The van der Waals surface area contributed by atoms with Crippen LogP contribution in [0.15, 0.2) is 60.7 Å². The van der Waals surface area contributed by atoms with Gasteiger partial charge in [-0.25, -0.2) is 9.59 Å². The molecule has 3 N–H and O–H groups in total. The Balaban J connectivity index is 1.98. The van der Waals surface area contributed by atoms with Crippen molar-refractivity contribution in [3.63, 3.8) is 0 Å². The summed E-state index contributed by atoms with van der Waals surface area (Å²) in [5, 5.41) is 21.2. The van der Waals surface area contributed by atoms with Crippen LogP contribution in [0.3, 0.4) is 0 Å². The molecule has 0 aliphatic heterocycles. The van der Waals surface area contributed by atoms with Crippen molar-refractivity contribution in [1.29, 1.82) is 0 Å². The summed E-state index contributed by atoms with van der Waals surface area (Å²) in [6.07, 6.45) is 0.832. The summed E-state index contributed by atoms with van der Waals surface area (Å²) in [7, 11) is 0. The fraction of sp³-hybridized carbons (Fsp3) is 0.300. The molecule has 0 saturated carbocycles. The second-order valence-corrected chi connectivity index (χ2v) is 5.98. The van der Waals surface area contributed by atoms with Gasteiger partial charge < -0.3 is 20.4 Å². The number of carbonyl (C=O) groups excluding carboxylic acids is 1. The number of nitrogens with zero attached hydrogens (tertiary/aromatic N) is 1. The number of aliphatic hydroxyl groups excluding tert-OH is 1. The van der Waals surface area contributed by atoms with E-state index in [1.54, 1.807) is 0 Å². The summed E-state index contributed by atoms with van der Waals surface area (Å²) >= 11 is 0. The minimum Gasteiger partial charge on any atom is -0.480 e. The number of carbonyl (C=O) groups is 2. The first-order valence-electron chi connectivity index (χ1n) is 8.57. The van der Waals surface area contributed by atoms with Crippen LogP contribution in [-0.2, 0) is 17.6 Å².